The van der Waals surface area contributed by atoms with Crippen molar-refractivity contribution >= 4 is 11.4 Å². The molecule has 186 valence electrons. The van der Waals surface area contributed by atoms with Gasteiger partial charge in [0.25, 0.3) is 0 Å². The number of carbonyl (C=O) groups is 1. The fourth-order valence-corrected chi connectivity index (χ4v) is 4.80. The summed E-state index contributed by atoms with van der Waals surface area (Å²) in [5, 5.41) is 5.00. The predicted octanol–water partition coefficient (Wildman–Crippen LogP) is 6.45. The van der Waals surface area contributed by atoms with Crippen LogP contribution in [-0.4, -0.2) is 32.6 Å². The zero-order valence-corrected chi connectivity index (χ0v) is 21.9. The number of aryl methyl sites for hydroxylation is 3. The van der Waals surface area contributed by atoms with Gasteiger partial charge in [0.05, 0.1) is 23.6 Å². The molecule has 0 amide bonds. The molecule has 1 atom stereocenters. The molecule has 1 aliphatic heterocycles. The van der Waals surface area contributed by atoms with Gasteiger partial charge in [-0.2, -0.15) is 5.10 Å². The zero-order chi connectivity index (χ0) is 25.6. The summed E-state index contributed by atoms with van der Waals surface area (Å²) in [5.41, 5.74) is 7.71. The maximum Gasteiger partial charge on any atom is 0.163 e. The quantitative estimate of drug-likeness (QED) is 0.326. The summed E-state index contributed by atoms with van der Waals surface area (Å²) < 4.78 is 14.1. The lowest BCUT2D eigenvalue weighted by Gasteiger charge is -2.29. The minimum atomic E-state index is -0.767. The fraction of sp³-hybridized carbons (Fsp3) is 0.367. The van der Waals surface area contributed by atoms with Crippen LogP contribution in [0.25, 0.3) is 28.2 Å². The molecule has 0 saturated heterocycles. The van der Waals surface area contributed by atoms with Crippen LogP contribution in [0.4, 0.5) is 0 Å². The van der Waals surface area contributed by atoms with Crippen molar-refractivity contribution in [1.82, 2.24) is 14.6 Å². The van der Waals surface area contributed by atoms with E-state index in [1.165, 1.54) is 5.56 Å². The Morgan fingerprint density at radius 3 is 2.47 bits per heavy atom. The van der Waals surface area contributed by atoms with Crippen molar-refractivity contribution in [1.29, 1.82) is 0 Å². The highest BCUT2D eigenvalue weighted by Gasteiger charge is 2.31. The first-order valence-electron chi connectivity index (χ1n) is 12.5. The van der Waals surface area contributed by atoms with Gasteiger partial charge in [-0.05, 0) is 78.1 Å². The Bertz CT molecular complexity index is 1450. The molecule has 4 aromatic rings. The summed E-state index contributed by atoms with van der Waals surface area (Å²) >= 11 is 0. The predicted molar refractivity (Wildman–Crippen MR) is 141 cm³/mol. The number of carbonyl (C=O) groups excluding carboxylic acids is 1. The smallest absolute Gasteiger partial charge is 0.163 e. The van der Waals surface area contributed by atoms with Crippen LogP contribution >= 0.6 is 0 Å². The monoisotopic (exact) mass is 483 g/mol. The topological polar surface area (TPSA) is 65.7 Å². The van der Waals surface area contributed by atoms with E-state index in [9.17, 15) is 4.79 Å². The van der Waals surface area contributed by atoms with Crippen molar-refractivity contribution in [2.24, 2.45) is 0 Å². The zero-order valence-electron chi connectivity index (χ0n) is 21.9. The largest absolute Gasteiger partial charge is 0.493 e. The first kappa shape index (κ1) is 24.2. The van der Waals surface area contributed by atoms with E-state index in [4.69, 9.17) is 19.6 Å². The summed E-state index contributed by atoms with van der Waals surface area (Å²) in [6.45, 7) is 12.2. The van der Waals surface area contributed by atoms with Gasteiger partial charge in [-0.15, -0.1) is 0 Å². The molecule has 0 saturated carbocycles. The molecule has 2 aromatic heterocycles. The molecule has 1 unspecified atom stereocenters. The SMILES string of the molecule is CC(=O)C(OC(C)(C)C)c1c(C)nc2cc(-c3ccc(C)cc3)nn2c1-c1ccc2c(c1)CCCO2. The van der Waals surface area contributed by atoms with Gasteiger partial charge < -0.3 is 9.47 Å². The van der Waals surface area contributed by atoms with Crippen molar-refractivity contribution in [2.45, 2.75) is 66.1 Å². The van der Waals surface area contributed by atoms with Gasteiger partial charge in [0, 0.05) is 28.5 Å². The van der Waals surface area contributed by atoms with Crippen molar-refractivity contribution in [3.63, 3.8) is 0 Å². The van der Waals surface area contributed by atoms with Crippen molar-refractivity contribution in [3.05, 3.63) is 70.9 Å². The molecular weight excluding hydrogens is 450 g/mol. The first-order chi connectivity index (χ1) is 17.1. The lowest BCUT2D eigenvalue weighted by atomic mass is 9.94. The van der Waals surface area contributed by atoms with Crippen LogP contribution in [0.15, 0.2) is 48.5 Å². The number of ether oxygens (including phenoxy) is 2. The molecule has 6 heteroatoms. The van der Waals surface area contributed by atoms with E-state index in [2.05, 4.69) is 37.3 Å². The first-order valence-corrected chi connectivity index (χ1v) is 12.5. The number of rotatable bonds is 5. The van der Waals surface area contributed by atoms with E-state index in [-0.39, 0.29) is 5.78 Å². The molecular formula is C30H33N3O3. The lowest BCUT2D eigenvalue weighted by molar-refractivity contribution is -0.138. The van der Waals surface area contributed by atoms with E-state index in [0.717, 1.165) is 70.2 Å². The number of fused-ring (bicyclic) bond motifs is 2. The van der Waals surface area contributed by atoms with Gasteiger partial charge in [-0.1, -0.05) is 29.8 Å². The molecule has 0 aliphatic carbocycles. The highest BCUT2D eigenvalue weighted by Crippen LogP contribution is 2.38. The summed E-state index contributed by atoms with van der Waals surface area (Å²) in [6.07, 6.45) is 1.17. The van der Waals surface area contributed by atoms with Gasteiger partial charge in [0.2, 0.25) is 0 Å². The van der Waals surface area contributed by atoms with Gasteiger partial charge >= 0.3 is 0 Å². The maximum atomic E-state index is 13.0. The lowest BCUT2D eigenvalue weighted by Crippen LogP contribution is -2.28. The number of Topliss-reactive ketones (excluding diaryl/α,β-unsaturated/α-hetero) is 1. The van der Waals surface area contributed by atoms with Crippen LogP contribution in [0.1, 0.15) is 62.6 Å². The van der Waals surface area contributed by atoms with Gasteiger partial charge in [-0.3, -0.25) is 4.79 Å². The van der Waals surface area contributed by atoms with Gasteiger partial charge in [0.15, 0.2) is 11.4 Å². The molecule has 3 heterocycles. The highest BCUT2D eigenvalue weighted by atomic mass is 16.5. The third kappa shape index (κ3) is 4.65. The molecule has 0 radical (unpaired) electrons. The maximum absolute atomic E-state index is 13.0. The third-order valence-electron chi connectivity index (χ3n) is 6.46. The molecule has 0 N–H and O–H groups in total. The molecule has 36 heavy (non-hydrogen) atoms. The van der Waals surface area contributed by atoms with Crippen LogP contribution in [0, 0.1) is 13.8 Å². The van der Waals surface area contributed by atoms with E-state index in [1.54, 1.807) is 6.92 Å². The Kier molecular flexibility index (Phi) is 6.17. The molecule has 0 spiro atoms. The third-order valence-corrected chi connectivity index (χ3v) is 6.46. The average Bonchev–Trinajstić information content (AvgIpc) is 3.24. The summed E-state index contributed by atoms with van der Waals surface area (Å²) in [4.78, 5) is 17.9. The summed E-state index contributed by atoms with van der Waals surface area (Å²) in [5.74, 6) is 0.853. The average molecular weight is 484 g/mol. The van der Waals surface area contributed by atoms with Gasteiger partial charge in [-0.25, -0.2) is 9.50 Å². The highest BCUT2D eigenvalue weighted by molar-refractivity contribution is 5.86. The Morgan fingerprint density at radius 1 is 1.06 bits per heavy atom. The molecule has 1 aliphatic rings. The Labute approximate surface area is 212 Å². The second-order valence-corrected chi connectivity index (χ2v) is 10.6. The van der Waals surface area contributed by atoms with E-state index in [1.807, 2.05) is 50.4 Å². The van der Waals surface area contributed by atoms with Crippen LogP contribution in [0.5, 0.6) is 5.75 Å². The second-order valence-electron chi connectivity index (χ2n) is 10.6. The van der Waals surface area contributed by atoms with Gasteiger partial charge in [0.1, 0.15) is 11.9 Å². The second kappa shape index (κ2) is 9.17. The molecule has 0 bridgehead atoms. The molecule has 5 rings (SSSR count). The van der Waals surface area contributed by atoms with E-state index >= 15 is 0 Å². The van der Waals surface area contributed by atoms with Crippen LogP contribution in [0.3, 0.4) is 0 Å². The Morgan fingerprint density at radius 2 is 1.78 bits per heavy atom. The standard InChI is InChI=1S/C30H33N3O3/c1-18-9-11-21(12-10-18)24-17-26-31-19(2)27(29(20(3)34)36-30(4,5)6)28(33(26)32-24)23-13-14-25-22(16-23)8-7-15-35-25/h9-14,16-17,29H,7-8,15H2,1-6H3. The van der Waals surface area contributed by atoms with Crippen LogP contribution in [-0.2, 0) is 16.0 Å². The number of nitrogens with zero attached hydrogens (tertiary/aromatic N) is 3. The number of hydrogen-bond donors (Lipinski definition) is 0. The minimum absolute atomic E-state index is 0.0670. The van der Waals surface area contributed by atoms with Crippen molar-refractivity contribution < 1.29 is 14.3 Å². The Hall–Kier alpha value is -3.51. The fourth-order valence-electron chi connectivity index (χ4n) is 4.80. The number of benzene rings is 2. The molecule has 2 aromatic carbocycles. The number of ketones is 1. The van der Waals surface area contributed by atoms with Crippen LogP contribution in [0.2, 0.25) is 0 Å². The number of hydrogen-bond acceptors (Lipinski definition) is 5. The van der Waals surface area contributed by atoms with E-state index < -0.39 is 11.7 Å². The van der Waals surface area contributed by atoms with Crippen molar-refractivity contribution in [2.75, 3.05) is 6.61 Å². The number of aromatic nitrogens is 3. The normalized spacial score (nSPS) is 14.4. The van der Waals surface area contributed by atoms with Crippen molar-refractivity contribution in [3.8, 4) is 28.3 Å². The summed E-state index contributed by atoms with van der Waals surface area (Å²) in [6, 6.07) is 16.5. The van der Waals surface area contributed by atoms with E-state index in [0.29, 0.717) is 0 Å². The summed E-state index contributed by atoms with van der Waals surface area (Å²) in [7, 11) is 0. The molecule has 6 nitrogen and oxygen atoms in total. The molecule has 0 fully saturated rings. The Balaban J connectivity index is 1.79. The minimum Gasteiger partial charge on any atom is -0.493 e. The van der Waals surface area contributed by atoms with Crippen LogP contribution < -0.4 is 4.74 Å².